The molecule has 0 fully saturated rings. The quantitative estimate of drug-likeness (QED) is 0.684. The first-order chi connectivity index (χ1) is 9.74. The zero-order valence-corrected chi connectivity index (χ0v) is 11.3. The monoisotopic (exact) mass is 266 g/mol. The van der Waals surface area contributed by atoms with E-state index in [2.05, 4.69) is 4.98 Å². The minimum absolute atomic E-state index is 0.467. The van der Waals surface area contributed by atoms with Crippen LogP contribution in [0.5, 0.6) is 5.75 Å². The fourth-order valence-electron chi connectivity index (χ4n) is 2.37. The molecular weight excluding hydrogens is 252 g/mol. The first-order valence-electron chi connectivity index (χ1n) is 6.32. The lowest BCUT2D eigenvalue weighted by atomic mass is 10.2. The van der Waals surface area contributed by atoms with Crippen molar-refractivity contribution in [2.24, 2.45) is 0 Å². The number of hydrogen-bond donors (Lipinski definition) is 0. The largest absolute Gasteiger partial charge is 0.497 e. The van der Waals surface area contributed by atoms with Crippen molar-refractivity contribution in [3.05, 3.63) is 53.9 Å². The van der Waals surface area contributed by atoms with Gasteiger partial charge in [-0.25, -0.2) is 4.98 Å². The Hall–Kier alpha value is -2.62. The van der Waals surface area contributed by atoms with Crippen LogP contribution in [-0.4, -0.2) is 22.8 Å². The van der Waals surface area contributed by atoms with E-state index >= 15 is 0 Å². The zero-order chi connectivity index (χ0) is 14.1. The van der Waals surface area contributed by atoms with Crippen LogP contribution in [0, 0.1) is 6.92 Å². The third-order valence-corrected chi connectivity index (χ3v) is 3.35. The molecule has 0 radical (unpaired) electrons. The smallest absolute Gasteiger partial charge is 0.170 e. The minimum atomic E-state index is 0.467. The summed E-state index contributed by atoms with van der Waals surface area (Å²) >= 11 is 0. The number of carbonyl (C=O) groups excluding carboxylic acids is 1. The van der Waals surface area contributed by atoms with Crippen LogP contribution in [0.3, 0.4) is 0 Å². The number of aryl methyl sites for hydroxylation is 1. The molecule has 0 aliphatic carbocycles. The van der Waals surface area contributed by atoms with Crippen molar-refractivity contribution in [3.8, 4) is 17.1 Å². The summed E-state index contributed by atoms with van der Waals surface area (Å²) < 4.78 is 7.10. The Morgan fingerprint density at radius 1 is 1.20 bits per heavy atom. The van der Waals surface area contributed by atoms with Crippen LogP contribution >= 0.6 is 0 Å². The number of aromatic nitrogens is 2. The Balaban J connectivity index is 2.25. The average Bonchev–Trinajstić information content (AvgIpc) is 2.87. The van der Waals surface area contributed by atoms with E-state index in [4.69, 9.17) is 4.74 Å². The third-order valence-electron chi connectivity index (χ3n) is 3.35. The fraction of sp³-hybridized carbons (Fsp3) is 0.125. The maximum absolute atomic E-state index is 11.2. The standard InChI is InChI=1S/C16H14N2O2/c1-11-4-3-9-18-15(11)14(10-19)17-16(18)12-5-7-13(20-2)8-6-12/h3-10H,1-2H3. The van der Waals surface area contributed by atoms with E-state index in [1.165, 1.54) is 0 Å². The van der Waals surface area contributed by atoms with Crippen LogP contribution in [-0.2, 0) is 0 Å². The van der Waals surface area contributed by atoms with Gasteiger partial charge in [-0.1, -0.05) is 6.07 Å². The number of benzene rings is 1. The molecule has 3 aromatic rings. The highest BCUT2D eigenvalue weighted by molar-refractivity contribution is 5.87. The van der Waals surface area contributed by atoms with E-state index in [0.717, 1.165) is 34.5 Å². The summed E-state index contributed by atoms with van der Waals surface area (Å²) in [4.78, 5) is 15.7. The summed E-state index contributed by atoms with van der Waals surface area (Å²) in [6.45, 7) is 1.97. The van der Waals surface area contributed by atoms with E-state index in [-0.39, 0.29) is 0 Å². The number of fused-ring (bicyclic) bond motifs is 1. The third kappa shape index (κ3) is 1.86. The molecule has 0 saturated carbocycles. The van der Waals surface area contributed by atoms with Crippen molar-refractivity contribution in [1.29, 1.82) is 0 Å². The lowest BCUT2D eigenvalue weighted by molar-refractivity contribution is 0.112. The summed E-state index contributed by atoms with van der Waals surface area (Å²) in [6.07, 6.45) is 2.72. The molecule has 4 heteroatoms. The Labute approximate surface area is 116 Å². The van der Waals surface area contributed by atoms with Crippen molar-refractivity contribution in [2.45, 2.75) is 6.92 Å². The average molecular weight is 266 g/mol. The second kappa shape index (κ2) is 4.81. The number of pyridine rings is 1. The van der Waals surface area contributed by atoms with Gasteiger partial charge in [-0.3, -0.25) is 9.20 Å². The molecule has 100 valence electrons. The predicted octanol–water partition coefficient (Wildman–Crippen LogP) is 3.13. The molecular formula is C16H14N2O2. The molecule has 0 aliphatic heterocycles. The van der Waals surface area contributed by atoms with Crippen LogP contribution in [0.15, 0.2) is 42.6 Å². The molecule has 0 atom stereocenters. The SMILES string of the molecule is COc1ccc(-c2nc(C=O)c3c(C)cccn23)cc1. The minimum Gasteiger partial charge on any atom is -0.497 e. The van der Waals surface area contributed by atoms with Crippen molar-refractivity contribution in [1.82, 2.24) is 9.38 Å². The normalized spacial score (nSPS) is 10.7. The highest BCUT2D eigenvalue weighted by Gasteiger charge is 2.13. The summed E-state index contributed by atoms with van der Waals surface area (Å²) in [6, 6.07) is 11.6. The molecule has 4 nitrogen and oxygen atoms in total. The van der Waals surface area contributed by atoms with Crippen LogP contribution < -0.4 is 4.74 Å². The molecule has 0 unspecified atom stereocenters. The zero-order valence-electron chi connectivity index (χ0n) is 11.3. The summed E-state index contributed by atoms with van der Waals surface area (Å²) in [5, 5.41) is 0. The van der Waals surface area contributed by atoms with Crippen molar-refractivity contribution < 1.29 is 9.53 Å². The van der Waals surface area contributed by atoms with Crippen LogP contribution in [0.4, 0.5) is 0 Å². The van der Waals surface area contributed by atoms with Crippen molar-refractivity contribution in [3.63, 3.8) is 0 Å². The van der Waals surface area contributed by atoms with Gasteiger partial charge in [0.2, 0.25) is 0 Å². The van der Waals surface area contributed by atoms with E-state index in [1.54, 1.807) is 7.11 Å². The van der Waals surface area contributed by atoms with Crippen molar-refractivity contribution >= 4 is 11.8 Å². The first kappa shape index (κ1) is 12.4. The van der Waals surface area contributed by atoms with Gasteiger partial charge in [0.05, 0.1) is 12.6 Å². The Morgan fingerprint density at radius 2 is 1.95 bits per heavy atom. The molecule has 0 spiro atoms. The highest BCUT2D eigenvalue weighted by Crippen LogP contribution is 2.25. The molecule has 1 aromatic carbocycles. The van der Waals surface area contributed by atoms with Gasteiger partial charge in [0.25, 0.3) is 0 Å². The number of ether oxygens (including phenoxy) is 1. The van der Waals surface area contributed by atoms with E-state index in [0.29, 0.717) is 5.69 Å². The molecule has 0 bridgehead atoms. The molecule has 20 heavy (non-hydrogen) atoms. The van der Waals surface area contributed by atoms with E-state index in [9.17, 15) is 4.79 Å². The Bertz CT molecular complexity index is 773. The van der Waals surface area contributed by atoms with Crippen LogP contribution in [0.25, 0.3) is 16.9 Å². The van der Waals surface area contributed by atoms with Gasteiger partial charge in [0, 0.05) is 11.8 Å². The molecule has 0 aliphatic rings. The Morgan fingerprint density at radius 3 is 2.60 bits per heavy atom. The van der Waals surface area contributed by atoms with Gasteiger partial charge in [0.1, 0.15) is 17.3 Å². The van der Waals surface area contributed by atoms with E-state index < -0.39 is 0 Å². The fourth-order valence-corrected chi connectivity index (χ4v) is 2.37. The molecule has 0 saturated heterocycles. The van der Waals surface area contributed by atoms with E-state index in [1.807, 2.05) is 53.9 Å². The highest BCUT2D eigenvalue weighted by atomic mass is 16.5. The molecule has 0 N–H and O–H groups in total. The maximum atomic E-state index is 11.2. The number of hydrogen-bond acceptors (Lipinski definition) is 3. The lowest BCUT2D eigenvalue weighted by Crippen LogP contribution is -1.91. The van der Waals surface area contributed by atoms with Crippen molar-refractivity contribution in [2.75, 3.05) is 7.11 Å². The number of rotatable bonds is 3. The molecule has 3 rings (SSSR count). The lowest BCUT2D eigenvalue weighted by Gasteiger charge is -2.04. The predicted molar refractivity (Wildman–Crippen MR) is 77.3 cm³/mol. The topological polar surface area (TPSA) is 43.6 Å². The van der Waals surface area contributed by atoms with Gasteiger partial charge in [-0.15, -0.1) is 0 Å². The second-order valence-electron chi connectivity index (χ2n) is 4.58. The van der Waals surface area contributed by atoms with Gasteiger partial charge < -0.3 is 4.74 Å². The number of methoxy groups -OCH3 is 1. The van der Waals surface area contributed by atoms with Crippen LogP contribution in [0.2, 0.25) is 0 Å². The number of carbonyl (C=O) groups is 1. The second-order valence-corrected chi connectivity index (χ2v) is 4.58. The summed E-state index contributed by atoms with van der Waals surface area (Å²) in [7, 11) is 1.63. The molecule has 2 heterocycles. The Kier molecular flexibility index (Phi) is 2.99. The summed E-state index contributed by atoms with van der Waals surface area (Å²) in [5.74, 6) is 1.55. The number of imidazole rings is 1. The molecule has 2 aromatic heterocycles. The van der Waals surface area contributed by atoms with Gasteiger partial charge in [0.15, 0.2) is 6.29 Å². The summed E-state index contributed by atoms with van der Waals surface area (Å²) in [5.41, 5.74) is 3.29. The molecule has 0 amide bonds. The number of aldehydes is 1. The van der Waals surface area contributed by atoms with Gasteiger partial charge in [-0.2, -0.15) is 0 Å². The number of nitrogens with zero attached hydrogens (tertiary/aromatic N) is 2. The first-order valence-corrected chi connectivity index (χ1v) is 6.32. The van der Waals surface area contributed by atoms with Gasteiger partial charge >= 0.3 is 0 Å². The van der Waals surface area contributed by atoms with Gasteiger partial charge in [-0.05, 0) is 42.8 Å². The maximum Gasteiger partial charge on any atom is 0.170 e. The van der Waals surface area contributed by atoms with Crippen LogP contribution in [0.1, 0.15) is 16.1 Å².